The first-order chi connectivity index (χ1) is 5.00. The number of rotatable bonds is 1. The molecular weight excluding hydrogens is 180 g/mol. The Labute approximate surface area is 71.5 Å². The molecule has 11 heavy (non-hydrogen) atoms. The van der Waals surface area contributed by atoms with Crippen molar-refractivity contribution in [2.75, 3.05) is 6.26 Å². The van der Waals surface area contributed by atoms with Gasteiger partial charge in [-0.1, -0.05) is 18.3 Å². The summed E-state index contributed by atoms with van der Waals surface area (Å²) in [4.78, 5) is 1.08. The molecule has 0 N–H and O–H groups in total. The van der Waals surface area contributed by atoms with E-state index >= 15 is 0 Å². The molecule has 1 rings (SSSR count). The molecule has 0 spiro atoms. The monoisotopic (exact) mass is 188 g/mol. The largest absolute Gasteiger partial charge is 0.224 e. The van der Waals surface area contributed by atoms with Crippen LogP contribution in [0.3, 0.4) is 0 Å². The van der Waals surface area contributed by atoms with Gasteiger partial charge in [0, 0.05) is 22.4 Å². The van der Waals surface area contributed by atoms with E-state index in [1.807, 2.05) is 0 Å². The molecule has 60 valence electrons. The number of allylic oxidation sites excluding steroid dienone is 4. The highest BCUT2D eigenvalue weighted by Gasteiger charge is 2.13. The molecule has 0 aromatic heterocycles. The van der Waals surface area contributed by atoms with E-state index in [1.54, 1.807) is 18.2 Å². The van der Waals surface area contributed by atoms with Gasteiger partial charge in [0.25, 0.3) is 0 Å². The Kier molecular flexibility index (Phi) is 2.25. The minimum atomic E-state index is -3.04. The summed E-state index contributed by atoms with van der Waals surface area (Å²) in [5.74, 6) is 0. The molecule has 0 aromatic rings. The summed E-state index contributed by atoms with van der Waals surface area (Å²) >= 11 is 4.86. The fourth-order valence-electron chi connectivity index (χ4n) is 0.807. The Hall–Kier alpha value is -0.480. The van der Waals surface area contributed by atoms with Gasteiger partial charge in [0.1, 0.15) is 0 Å². The topological polar surface area (TPSA) is 34.1 Å². The first-order valence-electron chi connectivity index (χ1n) is 3.10. The number of hydrogen-bond acceptors (Lipinski definition) is 3. The molecule has 0 fully saturated rings. The fraction of sp³-hybridized carbons (Fsp3) is 0.286. The molecule has 0 atom stereocenters. The molecule has 0 radical (unpaired) electrons. The molecule has 0 saturated carbocycles. The van der Waals surface area contributed by atoms with Crippen molar-refractivity contribution in [3.63, 3.8) is 0 Å². The molecule has 4 heteroatoms. The van der Waals surface area contributed by atoms with E-state index < -0.39 is 9.84 Å². The molecule has 0 amide bonds. The third-order valence-electron chi connectivity index (χ3n) is 1.39. The highest BCUT2D eigenvalue weighted by atomic mass is 32.2. The van der Waals surface area contributed by atoms with Gasteiger partial charge in [-0.3, -0.25) is 0 Å². The minimum absolute atomic E-state index is 0.380. The highest BCUT2D eigenvalue weighted by molar-refractivity contribution is 7.94. The van der Waals surface area contributed by atoms with Crippen molar-refractivity contribution in [1.82, 2.24) is 0 Å². The number of sulfone groups is 1. The maximum absolute atomic E-state index is 11.0. The third kappa shape index (κ3) is 2.24. The third-order valence-corrected chi connectivity index (χ3v) is 2.90. The van der Waals surface area contributed by atoms with Crippen LogP contribution in [-0.4, -0.2) is 19.5 Å². The molecule has 1 aliphatic rings. The van der Waals surface area contributed by atoms with E-state index in [1.165, 1.54) is 6.26 Å². The highest BCUT2D eigenvalue weighted by Crippen LogP contribution is 2.15. The minimum Gasteiger partial charge on any atom is -0.224 e. The van der Waals surface area contributed by atoms with Crippen LogP contribution in [0.5, 0.6) is 0 Å². The molecule has 2 nitrogen and oxygen atoms in total. The maximum Gasteiger partial charge on any atom is 0.172 e. The van der Waals surface area contributed by atoms with E-state index in [9.17, 15) is 8.42 Å². The second kappa shape index (κ2) is 2.87. The molecule has 0 unspecified atom stereocenters. The standard InChI is InChI=1S/C7H8O2S2/c1-11(8,9)7-4-2-3-6(10)5-7/h2-4H,5H2,1H3. The van der Waals surface area contributed by atoms with Crippen molar-refractivity contribution in [2.24, 2.45) is 0 Å². The summed E-state index contributed by atoms with van der Waals surface area (Å²) in [5, 5.41) is 0. The van der Waals surface area contributed by atoms with Crippen LogP contribution in [0.1, 0.15) is 6.42 Å². The van der Waals surface area contributed by atoms with Crippen molar-refractivity contribution in [3.8, 4) is 0 Å². The predicted molar refractivity (Wildman–Crippen MR) is 49.3 cm³/mol. The second-order valence-corrected chi connectivity index (χ2v) is 5.00. The SMILES string of the molecule is CS(=O)(=O)C1=CC=CC(=S)C1. The summed E-state index contributed by atoms with van der Waals surface area (Å²) in [6.07, 6.45) is 6.57. The molecule has 1 aliphatic carbocycles. The number of hydrogen-bond donors (Lipinski definition) is 0. The van der Waals surface area contributed by atoms with Crippen molar-refractivity contribution in [2.45, 2.75) is 6.42 Å². The van der Waals surface area contributed by atoms with Gasteiger partial charge < -0.3 is 0 Å². The van der Waals surface area contributed by atoms with Gasteiger partial charge in [0.2, 0.25) is 0 Å². The summed E-state index contributed by atoms with van der Waals surface area (Å²) in [6.45, 7) is 0. The van der Waals surface area contributed by atoms with Crippen molar-refractivity contribution < 1.29 is 8.42 Å². The van der Waals surface area contributed by atoms with E-state index in [0.29, 0.717) is 16.2 Å². The summed E-state index contributed by atoms with van der Waals surface area (Å²) in [6, 6.07) is 0. The van der Waals surface area contributed by atoms with Gasteiger partial charge in [0.05, 0.1) is 0 Å². The van der Waals surface area contributed by atoms with Crippen LogP contribution in [-0.2, 0) is 9.84 Å². The van der Waals surface area contributed by atoms with Gasteiger partial charge in [-0.15, -0.1) is 0 Å². The first-order valence-corrected chi connectivity index (χ1v) is 5.40. The Morgan fingerprint density at radius 1 is 1.55 bits per heavy atom. The van der Waals surface area contributed by atoms with Gasteiger partial charge in [-0.05, 0) is 12.2 Å². The Balaban J connectivity index is 3.01. The Morgan fingerprint density at radius 3 is 2.55 bits per heavy atom. The van der Waals surface area contributed by atoms with Crippen molar-refractivity contribution in [1.29, 1.82) is 0 Å². The van der Waals surface area contributed by atoms with Crippen LogP contribution in [0.2, 0.25) is 0 Å². The lowest BCUT2D eigenvalue weighted by Crippen LogP contribution is -2.06. The molecular formula is C7H8O2S2. The zero-order valence-corrected chi connectivity index (χ0v) is 7.71. The van der Waals surface area contributed by atoms with E-state index in [0.717, 1.165) is 0 Å². The molecule has 0 aliphatic heterocycles. The predicted octanol–water partition coefficient (Wildman–Crippen LogP) is 1.24. The van der Waals surface area contributed by atoms with Gasteiger partial charge in [-0.25, -0.2) is 8.42 Å². The van der Waals surface area contributed by atoms with E-state index in [2.05, 4.69) is 0 Å². The summed E-state index contributed by atoms with van der Waals surface area (Å²) < 4.78 is 21.9. The van der Waals surface area contributed by atoms with Gasteiger partial charge >= 0.3 is 0 Å². The van der Waals surface area contributed by atoms with Crippen LogP contribution < -0.4 is 0 Å². The second-order valence-electron chi connectivity index (χ2n) is 2.41. The van der Waals surface area contributed by atoms with E-state index in [4.69, 9.17) is 12.2 Å². The molecule has 0 saturated heterocycles. The first kappa shape index (κ1) is 8.62. The summed E-state index contributed by atoms with van der Waals surface area (Å²) in [5.41, 5.74) is 0. The Bertz CT molecular complexity index is 333. The van der Waals surface area contributed by atoms with Crippen molar-refractivity contribution in [3.05, 3.63) is 23.1 Å². The van der Waals surface area contributed by atoms with Crippen LogP contribution in [0.4, 0.5) is 0 Å². The van der Waals surface area contributed by atoms with Gasteiger partial charge in [-0.2, -0.15) is 0 Å². The average Bonchev–Trinajstić information content (AvgIpc) is 1.86. The van der Waals surface area contributed by atoms with Crippen LogP contribution >= 0.6 is 12.2 Å². The van der Waals surface area contributed by atoms with Crippen LogP contribution in [0.15, 0.2) is 23.1 Å². The zero-order chi connectivity index (χ0) is 8.48. The summed E-state index contributed by atoms with van der Waals surface area (Å²) in [7, 11) is -3.04. The molecule has 0 bridgehead atoms. The molecule has 0 heterocycles. The maximum atomic E-state index is 11.0. The lowest BCUT2D eigenvalue weighted by molar-refractivity contribution is 0.607. The van der Waals surface area contributed by atoms with Crippen LogP contribution in [0, 0.1) is 0 Å². The quantitative estimate of drug-likeness (QED) is 0.581. The lowest BCUT2D eigenvalue weighted by atomic mass is 10.2. The smallest absolute Gasteiger partial charge is 0.172 e. The Morgan fingerprint density at radius 2 is 2.18 bits per heavy atom. The zero-order valence-electron chi connectivity index (χ0n) is 6.07. The van der Waals surface area contributed by atoms with E-state index in [-0.39, 0.29) is 0 Å². The average molecular weight is 188 g/mol. The number of thiocarbonyl (C=S) groups is 1. The normalized spacial score (nSPS) is 18.3. The lowest BCUT2D eigenvalue weighted by Gasteiger charge is -2.06. The van der Waals surface area contributed by atoms with Gasteiger partial charge in [0.15, 0.2) is 9.84 Å². The van der Waals surface area contributed by atoms with Crippen molar-refractivity contribution >= 4 is 26.9 Å². The van der Waals surface area contributed by atoms with Crippen LogP contribution in [0.25, 0.3) is 0 Å². The fourth-order valence-corrected chi connectivity index (χ4v) is 1.88. The molecule has 0 aromatic carbocycles.